The Kier molecular flexibility index (Phi) is 2.69. The molecular weight excluding hydrogens is 232 g/mol. The quantitative estimate of drug-likeness (QED) is 0.819. The van der Waals surface area contributed by atoms with Crippen molar-refractivity contribution in [1.29, 1.82) is 0 Å². The molecule has 0 unspecified atom stereocenters. The third kappa shape index (κ3) is 1.88. The van der Waals surface area contributed by atoms with E-state index in [1.807, 2.05) is 18.2 Å². The lowest BCUT2D eigenvalue weighted by molar-refractivity contribution is 0.611. The lowest BCUT2D eigenvalue weighted by Crippen LogP contribution is -2.24. The van der Waals surface area contributed by atoms with Crippen molar-refractivity contribution in [3.05, 3.63) is 46.6 Å². The van der Waals surface area contributed by atoms with E-state index in [0.717, 1.165) is 24.5 Å². The number of rotatable bonds is 1. The van der Waals surface area contributed by atoms with Gasteiger partial charge in [0.2, 0.25) is 0 Å². The van der Waals surface area contributed by atoms with E-state index in [2.05, 4.69) is 29.1 Å². The van der Waals surface area contributed by atoms with E-state index in [4.69, 9.17) is 11.6 Å². The number of halogens is 1. The second-order valence-electron chi connectivity index (χ2n) is 4.50. The van der Waals surface area contributed by atoms with Crippen molar-refractivity contribution in [1.82, 2.24) is 9.88 Å². The van der Waals surface area contributed by atoms with E-state index >= 15 is 0 Å². The molecule has 1 aliphatic rings. The van der Waals surface area contributed by atoms with Crippen LogP contribution < -0.4 is 5.32 Å². The van der Waals surface area contributed by atoms with E-state index in [1.54, 1.807) is 0 Å². The summed E-state index contributed by atoms with van der Waals surface area (Å²) in [6, 6.07) is 10.3. The molecule has 0 fully saturated rings. The molecule has 1 aromatic carbocycles. The maximum atomic E-state index is 6.05. The van der Waals surface area contributed by atoms with Gasteiger partial charge < -0.3 is 9.88 Å². The van der Waals surface area contributed by atoms with E-state index in [0.29, 0.717) is 0 Å². The number of nitrogens with zero attached hydrogens (tertiary/aromatic N) is 1. The fraction of sp³-hybridized carbons (Fsp3) is 0.286. The van der Waals surface area contributed by atoms with Crippen molar-refractivity contribution in [2.45, 2.75) is 13.0 Å². The molecule has 17 heavy (non-hydrogen) atoms. The fourth-order valence-corrected chi connectivity index (χ4v) is 2.70. The van der Waals surface area contributed by atoms with E-state index in [1.165, 1.54) is 22.5 Å². The number of hydrogen-bond acceptors (Lipinski definition) is 1. The molecule has 0 saturated heterocycles. The Morgan fingerprint density at radius 2 is 2.18 bits per heavy atom. The lowest BCUT2D eigenvalue weighted by atomic mass is 10.1. The summed E-state index contributed by atoms with van der Waals surface area (Å²) in [6.07, 6.45) is 1.11. The zero-order chi connectivity index (χ0) is 11.8. The molecule has 1 aromatic heterocycles. The van der Waals surface area contributed by atoms with Crippen LogP contribution in [0.5, 0.6) is 0 Å². The largest absolute Gasteiger partial charge is 0.346 e. The number of fused-ring (bicyclic) bond motifs is 1. The van der Waals surface area contributed by atoms with Crippen LogP contribution in [0.2, 0.25) is 5.02 Å². The number of benzene rings is 1. The molecule has 0 atom stereocenters. The molecule has 3 heteroatoms. The number of nitrogens with one attached hydrogen (secondary N) is 1. The summed E-state index contributed by atoms with van der Waals surface area (Å²) in [7, 11) is 2.13. The van der Waals surface area contributed by atoms with Gasteiger partial charge in [0.1, 0.15) is 0 Å². The Labute approximate surface area is 106 Å². The van der Waals surface area contributed by atoms with Gasteiger partial charge in [0, 0.05) is 30.0 Å². The fourth-order valence-electron chi connectivity index (χ4n) is 2.51. The highest BCUT2D eigenvalue weighted by Crippen LogP contribution is 2.28. The van der Waals surface area contributed by atoms with Gasteiger partial charge in [-0.25, -0.2) is 0 Å². The number of hydrogen-bond donors (Lipinski definition) is 1. The Bertz CT molecular complexity index is 557. The van der Waals surface area contributed by atoms with Crippen LogP contribution in [0.4, 0.5) is 0 Å². The number of aromatic nitrogens is 1. The van der Waals surface area contributed by atoms with E-state index in [9.17, 15) is 0 Å². The Morgan fingerprint density at radius 3 is 2.94 bits per heavy atom. The first kappa shape index (κ1) is 10.9. The summed E-state index contributed by atoms with van der Waals surface area (Å²) >= 11 is 6.05. The molecule has 2 heterocycles. The Hall–Kier alpha value is -1.25. The predicted molar refractivity (Wildman–Crippen MR) is 71.3 cm³/mol. The molecule has 0 radical (unpaired) electrons. The summed E-state index contributed by atoms with van der Waals surface area (Å²) in [5, 5.41) is 4.20. The van der Waals surface area contributed by atoms with Crippen molar-refractivity contribution in [3.8, 4) is 11.3 Å². The molecule has 0 bridgehead atoms. The summed E-state index contributed by atoms with van der Waals surface area (Å²) in [5.74, 6) is 0. The van der Waals surface area contributed by atoms with Crippen LogP contribution in [0, 0.1) is 0 Å². The molecule has 1 aliphatic heterocycles. The average molecular weight is 247 g/mol. The van der Waals surface area contributed by atoms with Gasteiger partial charge in [-0.3, -0.25) is 0 Å². The summed E-state index contributed by atoms with van der Waals surface area (Å²) in [6.45, 7) is 2.04. The standard InChI is InChI=1S/C14H15ClN2/c1-17-13(10-3-2-4-12(15)7-10)8-11-5-6-16-9-14(11)17/h2-4,7-8,16H,5-6,9H2,1H3. The van der Waals surface area contributed by atoms with Gasteiger partial charge in [0.25, 0.3) is 0 Å². The maximum absolute atomic E-state index is 6.05. The molecular formula is C14H15ClN2. The first-order valence-electron chi connectivity index (χ1n) is 5.90. The van der Waals surface area contributed by atoms with Crippen LogP contribution in [0.25, 0.3) is 11.3 Å². The van der Waals surface area contributed by atoms with E-state index in [-0.39, 0.29) is 0 Å². The van der Waals surface area contributed by atoms with Crippen molar-refractivity contribution < 1.29 is 0 Å². The van der Waals surface area contributed by atoms with Crippen molar-refractivity contribution >= 4 is 11.6 Å². The SMILES string of the molecule is Cn1c(-c2cccc(Cl)c2)cc2c1CNCC2. The third-order valence-corrected chi connectivity index (χ3v) is 3.67. The van der Waals surface area contributed by atoms with Crippen LogP contribution >= 0.6 is 11.6 Å². The van der Waals surface area contributed by atoms with Crippen LogP contribution in [0.3, 0.4) is 0 Å². The third-order valence-electron chi connectivity index (χ3n) is 3.43. The van der Waals surface area contributed by atoms with E-state index < -0.39 is 0 Å². The topological polar surface area (TPSA) is 17.0 Å². The molecule has 0 spiro atoms. The smallest absolute Gasteiger partial charge is 0.0483 e. The van der Waals surface area contributed by atoms with Gasteiger partial charge in [-0.1, -0.05) is 23.7 Å². The molecule has 0 saturated carbocycles. The highest BCUT2D eigenvalue weighted by atomic mass is 35.5. The lowest BCUT2D eigenvalue weighted by Gasteiger charge is -2.15. The molecule has 88 valence electrons. The highest BCUT2D eigenvalue weighted by molar-refractivity contribution is 6.30. The van der Waals surface area contributed by atoms with Gasteiger partial charge in [-0.05, 0) is 42.3 Å². The van der Waals surface area contributed by atoms with Gasteiger partial charge in [0.15, 0.2) is 0 Å². The normalized spacial score (nSPS) is 14.7. The minimum Gasteiger partial charge on any atom is -0.346 e. The molecule has 0 amide bonds. The molecule has 2 nitrogen and oxygen atoms in total. The van der Waals surface area contributed by atoms with Crippen molar-refractivity contribution in [2.75, 3.05) is 6.54 Å². The molecule has 2 aromatic rings. The van der Waals surface area contributed by atoms with Crippen LogP contribution in [-0.4, -0.2) is 11.1 Å². The van der Waals surface area contributed by atoms with Gasteiger partial charge >= 0.3 is 0 Å². The zero-order valence-electron chi connectivity index (χ0n) is 9.83. The van der Waals surface area contributed by atoms with Gasteiger partial charge in [0.05, 0.1) is 0 Å². The summed E-state index contributed by atoms with van der Waals surface area (Å²) in [4.78, 5) is 0. The van der Waals surface area contributed by atoms with Gasteiger partial charge in [-0.15, -0.1) is 0 Å². The van der Waals surface area contributed by atoms with Crippen LogP contribution in [-0.2, 0) is 20.0 Å². The highest BCUT2D eigenvalue weighted by Gasteiger charge is 2.16. The first-order valence-corrected chi connectivity index (χ1v) is 6.27. The minimum atomic E-state index is 0.791. The zero-order valence-corrected chi connectivity index (χ0v) is 10.6. The van der Waals surface area contributed by atoms with Crippen LogP contribution in [0.1, 0.15) is 11.3 Å². The van der Waals surface area contributed by atoms with Crippen LogP contribution in [0.15, 0.2) is 30.3 Å². The maximum Gasteiger partial charge on any atom is 0.0483 e. The Balaban J connectivity index is 2.12. The van der Waals surface area contributed by atoms with Gasteiger partial charge in [-0.2, -0.15) is 0 Å². The second-order valence-corrected chi connectivity index (χ2v) is 4.93. The monoisotopic (exact) mass is 246 g/mol. The molecule has 1 N–H and O–H groups in total. The summed E-state index contributed by atoms with van der Waals surface area (Å²) in [5.41, 5.74) is 5.29. The average Bonchev–Trinajstić information content (AvgIpc) is 2.68. The minimum absolute atomic E-state index is 0.791. The van der Waals surface area contributed by atoms with Crippen molar-refractivity contribution in [2.24, 2.45) is 7.05 Å². The Morgan fingerprint density at radius 1 is 1.29 bits per heavy atom. The molecule has 3 rings (SSSR count). The first-order chi connectivity index (χ1) is 8.25. The molecule has 0 aliphatic carbocycles. The van der Waals surface area contributed by atoms with Crippen molar-refractivity contribution in [3.63, 3.8) is 0 Å². The predicted octanol–water partition coefficient (Wildman–Crippen LogP) is 2.99. The summed E-state index contributed by atoms with van der Waals surface area (Å²) < 4.78 is 2.27. The second kappa shape index (κ2) is 4.21.